The lowest BCUT2D eigenvalue weighted by Crippen LogP contribution is -2.25. The number of aromatic nitrogens is 2. The van der Waals surface area contributed by atoms with Gasteiger partial charge in [0.15, 0.2) is 0 Å². The van der Waals surface area contributed by atoms with E-state index in [4.69, 9.17) is 0 Å². The van der Waals surface area contributed by atoms with Gasteiger partial charge in [0, 0.05) is 17.9 Å². The van der Waals surface area contributed by atoms with Crippen molar-refractivity contribution in [2.45, 2.75) is 39.4 Å². The Morgan fingerprint density at radius 2 is 1.84 bits per heavy atom. The minimum atomic E-state index is -0.314. The lowest BCUT2D eigenvalue weighted by molar-refractivity contribution is 0.345. The standard InChI is InChI=1S/C20H24N3SSi/c1-14-8-18(9-15(2)21-14)12-25-7-6-23(13-25)11-17-4-5-19-20(10-17)24-16(3)22-19/h4-5,8-10H,6-7,11-13H2,1-3H3. The van der Waals surface area contributed by atoms with Crippen LogP contribution in [0.3, 0.4) is 0 Å². The van der Waals surface area contributed by atoms with Crippen molar-refractivity contribution in [3.05, 3.63) is 57.9 Å². The number of hydrogen-bond donors (Lipinski definition) is 0. The number of nitrogens with zero attached hydrogens (tertiary/aromatic N) is 3. The number of rotatable bonds is 4. The minimum absolute atomic E-state index is 0.314. The van der Waals surface area contributed by atoms with E-state index in [1.807, 2.05) is 0 Å². The first-order valence-electron chi connectivity index (χ1n) is 8.91. The van der Waals surface area contributed by atoms with Crippen LogP contribution in [0.15, 0.2) is 30.3 Å². The molecule has 3 aromatic rings. The van der Waals surface area contributed by atoms with Gasteiger partial charge in [-0.3, -0.25) is 4.98 Å². The molecule has 3 nitrogen and oxygen atoms in total. The summed E-state index contributed by atoms with van der Waals surface area (Å²) >= 11 is 1.80. The second kappa shape index (κ2) is 6.98. The normalized spacial score (nSPS) is 16.1. The van der Waals surface area contributed by atoms with Gasteiger partial charge in [-0.15, -0.1) is 11.3 Å². The highest BCUT2D eigenvalue weighted by Crippen LogP contribution is 2.24. The number of fused-ring (bicyclic) bond motifs is 1. The Hall–Kier alpha value is -1.56. The molecule has 0 atom stereocenters. The van der Waals surface area contributed by atoms with Crippen LogP contribution in [-0.2, 0) is 12.6 Å². The van der Waals surface area contributed by atoms with Gasteiger partial charge in [0.05, 0.1) is 24.0 Å². The first kappa shape index (κ1) is 16.9. The molecule has 1 aromatic carbocycles. The second-order valence-electron chi connectivity index (χ2n) is 7.18. The summed E-state index contributed by atoms with van der Waals surface area (Å²) < 4.78 is 1.32. The van der Waals surface area contributed by atoms with Crippen molar-refractivity contribution in [1.29, 1.82) is 0 Å². The predicted molar refractivity (Wildman–Crippen MR) is 108 cm³/mol. The highest BCUT2D eigenvalue weighted by molar-refractivity contribution is 7.18. The van der Waals surface area contributed by atoms with E-state index < -0.39 is 0 Å². The average Bonchev–Trinajstić information content (AvgIpc) is 3.11. The van der Waals surface area contributed by atoms with Gasteiger partial charge >= 0.3 is 0 Å². The first-order valence-corrected chi connectivity index (χ1v) is 11.8. The van der Waals surface area contributed by atoms with E-state index in [1.54, 1.807) is 11.3 Å². The van der Waals surface area contributed by atoms with Gasteiger partial charge in [0.2, 0.25) is 0 Å². The van der Waals surface area contributed by atoms with Crippen molar-refractivity contribution in [3.63, 3.8) is 0 Å². The maximum atomic E-state index is 4.56. The Bertz CT molecular complexity index is 885. The number of thiazole rings is 1. The fourth-order valence-electron chi connectivity index (χ4n) is 3.82. The third-order valence-corrected chi connectivity index (χ3v) is 8.46. The van der Waals surface area contributed by atoms with Gasteiger partial charge in [0.25, 0.3) is 0 Å². The van der Waals surface area contributed by atoms with Crippen molar-refractivity contribution in [2.75, 3.05) is 12.7 Å². The Kier molecular flexibility index (Phi) is 4.71. The highest BCUT2D eigenvalue weighted by Gasteiger charge is 2.24. The lowest BCUT2D eigenvalue weighted by atomic mass is 10.2. The fraction of sp³-hybridized carbons (Fsp3) is 0.400. The van der Waals surface area contributed by atoms with Crippen LogP contribution < -0.4 is 0 Å². The van der Waals surface area contributed by atoms with Crippen molar-refractivity contribution < 1.29 is 0 Å². The molecule has 1 aliphatic rings. The highest BCUT2D eigenvalue weighted by atomic mass is 32.1. The molecule has 0 bridgehead atoms. The molecular weight excluding hydrogens is 342 g/mol. The van der Waals surface area contributed by atoms with Gasteiger partial charge < -0.3 is 4.90 Å². The third kappa shape index (κ3) is 3.99. The fourth-order valence-corrected chi connectivity index (χ4v) is 7.48. The van der Waals surface area contributed by atoms with E-state index in [-0.39, 0.29) is 8.80 Å². The molecule has 0 amide bonds. The van der Waals surface area contributed by atoms with E-state index in [0.29, 0.717) is 0 Å². The zero-order chi connectivity index (χ0) is 17.4. The molecule has 25 heavy (non-hydrogen) atoms. The van der Waals surface area contributed by atoms with Crippen molar-refractivity contribution in [2.24, 2.45) is 0 Å². The smallest absolute Gasteiger partial charge is 0.0907 e. The Morgan fingerprint density at radius 3 is 2.64 bits per heavy atom. The average molecular weight is 367 g/mol. The molecule has 0 saturated carbocycles. The molecule has 0 N–H and O–H groups in total. The van der Waals surface area contributed by atoms with E-state index in [0.717, 1.165) is 28.5 Å². The zero-order valence-electron chi connectivity index (χ0n) is 15.2. The van der Waals surface area contributed by atoms with E-state index in [9.17, 15) is 0 Å². The zero-order valence-corrected chi connectivity index (χ0v) is 17.0. The maximum absolute atomic E-state index is 4.56. The summed E-state index contributed by atoms with van der Waals surface area (Å²) in [6, 6.07) is 14.0. The second-order valence-corrected chi connectivity index (χ2v) is 11.1. The SMILES string of the molecule is Cc1cc(C[Si]2CCN(Cc3ccc4nc(C)sc4c3)C2)cc(C)n1. The van der Waals surface area contributed by atoms with Gasteiger partial charge in [-0.05, 0) is 81.0 Å². The topological polar surface area (TPSA) is 29.0 Å². The van der Waals surface area contributed by atoms with Gasteiger partial charge in [-0.1, -0.05) is 6.07 Å². The molecule has 3 heterocycles. The summed E-state index contributed by atoms with van der Waals surface area (Å²) in [6.07, 6.45) is 1.30. The van der Waals surface area contributed by atoms with Crippen LogP contribution in [-0.4, -0.2) is 36.4 Å². The van der Waals surface area contributed by atoms with E-state index >= 15 is 0 Å². The molecule has 1 aliphatic heterocycles. The van der Waals surface area contributed by atoms with Crippen molar-refractivity contribution in [3.8, 4) is 0 Å². The monoisotopic (exact) mass is 366 g/mol. The number of pyridine rings is 1. The van der Waals surface area contributed by atoms with Gasteiger partial charge in [-0.25, -0.2) is 4.98 Å². The molecule has 0 aliphatic carbocycles. The summed E-state index contributed by atoms with van der Waals surface area (Å²) in [5.74, 6) is 0. The Morgan fingerprint density at radius 1 is 1.04 bits per heavy atom. The largest absolute Gasteiger partial charge is 0.302 e. The van der Waals surface area contributed by atoms with Crippen LogP contribution in [0.5, 0.6) is 0 Å². The van der Waals surface area contributed by atoms with Crippen LogP contribution in [0, 0.1) is 20.8 Å². The summed E-state index contributed by atoms with van der Waals surface area (Å²) in [6.45, 7) is 8.62. The molecule has 4 rings (SSSR count). The molecule has 0 spiro atoms. The van der Waals surface area contributed by atoms with Gasteiger partial charge in [-0.2, -0.15) is 0 Å². The number of hydrogen-bond acceptors (Lipinski definition) is 4. The van der Waals surface area contributed by atoms with Crippen LogP contribution in [0.4, 0.5) is 0 Å². The minimum Gasteiger partial charge on any atom is -0.302 e. The molecule has 1 radical (unpaired) electrons. The van der Waals surface area contributed by atoms with Crippen LogP contribution >= 0.6 is 11.3 Å². The lowest BCUT2D eigenvalue weighted by Gasteiger charge is -2.16. The molecule has 0 unspecified atom stereocenters. The molecular formula is C20H24N3SSi. The van der Waals surface area contributed by atoms with E-state index in [1.165, 1.54) is 40.6 Å². The molecule has 1 fully saturated rings. The summed E-state index contributed by atoms with van der Waals surface area (Å²) in [5.41, 5.74) is 6.36. The van der Waals surface area contributed by atoms with Gasteiger partial charge in [0.1, 0.15) is 0 Å². The van der Waals surface area contributed by atoms with Crippen LogP contribution in [0.2, 0.25) is 6.04 Å². The Balaban J connectivity index is 1.39. The molecule has 129 valence electrons. The quantitative estimate of drug-likeness (QED) is 0.647. The van der Waals surface area contributed by atoms with Crippen molar-refractivity contribution >= 4 is 30.4 Å². The first-order chi connectivity index (χ1) is 12.0. The number of benzene rings is 1. The molecule has 2 aromatic heterocycles. The summed E-state index contributed by atoms with van der Waals surface area (Å²) in [4.78, 5) is 11.7. The third-order valence-electron chi connectivity index (χ3n) is 4.79. The predicted octanol–water partition coefficient (Wildman–Crippen LogP) is 4.25. The molecule has 1 saturated heterocycles. The summed E-state index contributed by atoms with van der Waals surface area (Å²) in [7, 11) is -0.314. The summed E-state index contributed by atoms with van der Waals surface area (Å²) in [5, 5.41) is 1.15. The maximum Gasteiger partial charge on any atom is 0.0907 e. The van der Waals surface area contributed by atoms with Crippen LogP contribution in [0.1, 0.15) is 27.5 Å². The number of aryl methyl sites for hydroxylation is 3. The van der Waals surface area contributed by atoms with E-state index in [2.05, 4.69) is 66.0 Å². The Labute approximate surface area is 155 Å². The van der Waals surface area contributed by atoms with Crippen LogP contribution in [0.25, 0.3) is 10.2 Å². The van der Waals surface area contributed by atoms with Crippen molar-refractivity contribution in [1.82, 2.24) is 14.9 Å². The molecule has 5 heteroatoms.